The van der Waals surface area contributed by atoms with E-state index >= 15 is 0 Å². The molecule has 1 aliphatic rings. The Hall–Kier alpha value is -2.60. The van der Waals surface area contributed by atoms with Crippen molar-refractivity contribution >= 4 is 16.9 Å². The van der Waals surface area contributed by atoms with Crippen LogP contribution in [0.1, 0.15) is 30.5 Å². The van der Waals surface area contributed by atoms with Crippen LogP contribution in [0.15, 0.2) is 47.1 Å². The summed E-state index contributed by atoms with van der Waals surface area (Å²) in [6, 6.07) is 11.5. The zero-order valence-electron chi connectivity index (χ0n) is 13.3. The summed E-state index contributed by atoms with van der Waals surface area (Å²) < 4.78 is 13.0. The van der Waals surface area contributed by atoms with Crippen molar-refractivity contribution in [3.05, 3.63) is 54.2 Å². The number of amides is 1. The summed E-state index contributed by atoms with van der Waals surface area (Å²) in [5, 5.41) is 2.88. The summed E-state index contributed by atoms with van der Waals surface area (Å²) in [4.78, 5) is 17.1. The molecule has 1 aliphatic heterocycles. The number of ether oxygens (including phenoxy) is 1. The maximum atomic E-state index is 12.4. The average molecular weight is 325 g/mol. The Morgan fingerprint density at radius 2 is 2.21 bits per heavy atom. The van der Waals surface area contributed by atoms with Gasteiger partial charge in [0, 0.05) is 6.61 Å². The van der Waals surface area contributed by atoms with Crippen molar-refractivity contribution in [1.29, 1.82) is 0 Å². The molecule has 1 fully saturated rings. The van der Waals surface area contributed by atoms with Gasteiger partial charge >= 0.3 is 0 Å². The zero-order chi connectivity index (χ0) is 16.4. The van der Waals surface area contributed by atoms with Crippen LogP contribution in [0, 0.1) is 0 Å². The molecule has 0 radical (unpaired) electrons. The van der Waals surface area contributed by atoms with E-state index in [0.717, 1.165) is 42.1 Å². The third-order valence-electron chi connectivity index (χ3n) is 4.24. The van der Waals surface area contributed by atoms with Crippen LogP contribution in [0.4, 0.5) is 0 Å². The first kappa shape index (κ1) is 15.0. The van der Waals surface area contributed by atoms with Crippen molar-refractivity contribution in [2.75, 3.05) is 6.61 Å². The van der Waals surface area contributed by atoms with Crippen molar-refractivity contribution in [3.8, 4) is 0 Å². The Morgan fingerprint density at radius 3 is 3.00 bits per heavy atom. The second-order valence-corrected chi connectivity index (χ2v) is 5.90. The van der Waals surface area contributed by atoms with E-state index in [1.807, 2.05) is 34.9 Å². The molecule has 124 valence electrons. The molecular formula is C18H19N3O3. The monoisotopic (exact) mass is 325 g/mol. The van der Waals surface area contributed by atoms with Gasteiger partial charge in [-0.05, 0) is 37.1 Å². The molecule has 3 aromatic rings. The van der Waals surface area contributed by atoms with Gasteiger partial charge in [-0.3, -0.25) is 4.79 Å². The van der Waals surface area contributed by atoms with E-state index in [1.54, 1.807) is 12.3 Å². The normalized spacial score (nSPS) is 17.4. The van der Waals surface area contributed by atoms with E-state index in [1.165, 1.54) is 0 Å². The largest absolute Gasteiger partial charge is 0.467 e. The second kappa shape index (κ2) is 6.49. The van der Waals surface area contributed by atoms with Crippen LogP contribution < -0.4 is 5.32 Å². The maximum absolute atomic E-state index is 12.4. The number of nitrogens with zero attached hydrogens (tertiary/aromatic N) is 2. The van der Waals surface area contributed by atoms with Crippen LogP contribution in [-0.2, 0) is 22.6 Å². The lowest BCUT2D eigenvalue weighted by atomic mass is 10.2. The van der Waals surface area contributed by atoms with Gasteiger partial charge < -0.3 is 19.0 Å². The Balaban J connectivity index is 1.57. The van der Waals surface area contributed by atoms with Gasteiger partial charge in [-0.15, -0.1) is 0 Å². The number of carbonyl (C=O) groups excluding carboxylic acids is 1. The van der Waals surface area contributed by atoms with Crippen molar-refractivity contribution in [3.63, 3.8) is 0 Å². The lowest BCUT2D eigenvalue weighted by Crippen LogP contribution is -2.28. The molecule has 0 bridgehead atoms. The Labute approximate surface area is 139 Å². The predicted molar refractivity (Wildman–Crippen MR) is 88.2 cm³/mol. The fourth-order valence-electron chi connectivity index (χ4n) is 3.09. The Bertz CT molecular complexity index is 832. The van der Waals surface area contributed by atoms with Crippen molar-refractivity contribution < 1.29 is 13.9 Å². The number of carbonyl (C=O) groups is 1. The van der Waals surface area contributed by atoms with Crippen LogP contribution in [0.2, 0.25) is 0 Å². The second-order valence-electron chi connectivity index (χ2n) is 5.90. The topological polar surface area (TPSA) is 69.3 Å². The molecule has 2 aromatic heterocycles. The van der Waals surface area contributed by atoms with Crippen LogP contribution >= 0.6 is 0 Å². The van der Waals surface area contributed by atoms with E-state index in [4.69, 9.17) is 14.1 Å². The summed E-state index contributed by atoms with van der Waals surface area (Å²) in [7, 11) is 0. The molecule has 1 atom stereocenters. The predicted octanol–water partition coefficient (Wildman–Crippen LogP) is 2.80. The number of hydrogen-bond acceptors (Lipinski definition) is 4. The smallest absolute Gasteiger partial charge is 0.240 e. The molecular weight excluding hydrogens is 306 g/mol. The summed E-state index contributed by atoms with van der Waals surface area (Å²) in [6.07, 6.45) is 3.53. The summed E-state index contributed by atoms with van der Waals surface area (Å²) in [5.41, 5.74) is 1.85. The SMILES string of the molecule is O=C(Cn1c([C@H]2CCCO2)nc2ccccc21)NCc1ccco1. The lowest BCUT2D eigenvalue weighted by molar-refractivity contribution is -0.121. The molecule has 1 saturated heterocycles. The minimum atomic E-state index is -0.0752. The number of fused-ring (bicyclic) bond motifs is 1. The molecule has 1 N–H and O–H groups in total. The summed E-state index contributed by atoms with van der Waals surface area (Å²) >= 11 is 0. The molecule has 0 unspecified atom stereocenters. The van der Waals surface area contributed by atoms with Crippen LogP contribution in [0.3, 0.4) is 0 Å². The third-order valence-corrected chi connectivity index (χ3v) is 4.24. The van der Waals surface area contributed by atoms with E-state index in [2.05, 4.69) is 5.32 Å². The van der Waals surface area contributed by atoms with Crippen molar-refractivity contribution in [2.45, 2.75) is 32.0 Å². The number of nitrogens with one attached hydrogen (secondary N) is 1. The number of para-hydroxylation sites is 2. The highest BCUT2D eigenvalue weighted by atomic mass is 16.5. The maximum Gasteiger partial charge on any atom is 0.240 e. The van der Waals surface area contributed by atoms with Gasteiger partial charge in [0.05, 0.1) is 23.8 Å². The highest BCUT2D eigenvalue weighted by Gasteiger charge is 2.25. The Kier molecular flexibility index (Phi) is 4.04. The van der Waals surface area contributed by atoms with Gasteiger partial charge in [0.1, 0.15) is 24.2 Å². The molecule has 0 spiro atoms. The number of furan rings is 1. The van der Waals surface area contributed by atoms with Crippen LogP contribution in [0.25, 0.3) is 11.0 Å². The lowest BCUT2D eigenvalue weighted by Gasteiger charge is -2.13. The van der Waals surface area contributed by atoms with Gasteiger partial charge in [-0.2, -0.15) is 0 Å². The minimum Gasteiger partial charge on any atom is -0.467 e. The molecule has 6 heteroatoms. The molecule has 0 saturated carbocycles. The van der Waals surface area contributed by atoms with E-state index in [-0.39, 0.29) is 18.6 Å². The standard InChI is InChI=1S/C18H19N3O3/c22-17(19-11-13-5-3-9-23-13)12-21-15-7-2-1-6-14(15)20-18(21)16-8-4-10-24-16/h1-3,5-7,9,16H,4,8,10-12H2,(H,19,22)/t16-/m1/s1. The van der Waals surface area contributed by atoms with Gasteiger partial charge in [-0.1, -0.05) is 12.1 Å². The van der Waals surface area contributed by atoms with E-state index < -0.39 is 0 Å². The molecule has 1 aromatic carbocycles. The fraction of sp³-hybridized carbons (Fsp3) is 0.333. The molecule has 1 amide bonds. The van der Waals surface area contributed by atoms with Crippen molar-refractivity contribution in [1.82, 2.24) is 14.9 Å². The Morgan fingerprint density at radius 1 is 1.29 bits per heavy atom. The van der Waals surface area contributed by atoms with Crippen LogP contribution in [-0.4, -0.2) is 22.1 Å². The average Bonchev–Trinajstić information content (AvgIpc) is 3.34. The molecule has 3 heterocycles. The van der Waals surface area contributed by atoms with Crippen molar-refractivity contribution in [2.24, 2.45) is 0 Å². The van der Waals surface area contributed by atoms with Gasteiger partial charge in [0.2, 0.25) is 5.91 Å². The first-order valence-electron chi connectivity index (χ1n) is 8.17. The first-order chi connectivity index (χ1) is 11.8. The zero-order valence-corrected chi connectivity index (χ0v) is 13.3. The quantitative estimate of drug-likeness (QED) is 0.783. The van der Waals surface area contributed by atoms with Gasteiger partial charge in [0.15, 0.2) is 0 Å². The molecule has 0 aliphatic carbocycles. The number of rotatable bonds is 5. The van der Waals surface area contributed by atoms with Crippen LogP contribution in [0.5, 0.6) is 0 Å². The fourth-order valence-corrected chi connectivity index (χ4v) is 3.09. The van der Waals surface area contributed by atoms with Gasteiger partial charge in [-0.25, -0.2) is 4.98 Å². The summed E-state index contributed by atoms with van der Waals surface area (Å²) in [5.74, 6) is 1.49. The highest BCUT2D eigenvalue weighted by molar-refractivity contribution is 5.81. The first-order valence-corrected chi connectivity index (χ1v) is 8.17. The number of aromatic nitrogens is 2. The van der Waals surface area contributed by atoms with E-state index in [0.29, 0.717) is 6.54 Å². The molecule has 4 rings (SSSR count). The summed E-state index contributed by atoms with van der Waals surface area (Å²) in [6.45, 7) is 1.35. The number of hydrogen-bond donors (Lipinski definition) is 1. The molecule has 24 heavy (non-hydrogen) atoms. The third kappa shape index (κ3) is 2.92. The number of imidazole rings is 1. The minimum absolute atomic E-state index is 0.0322. The van der Waals surface area contributed by atoms with Gasteiger partial charge in [0.25, 0.3) is 0 Å². The van der Waals surface area contributed by atoms with E-state index in [9.17, 15) is 4.79 Å². The molecule has 6 nitrogen and oxygen atoms in total. The number of benzene rings is 1. The highest BCUT2D eigenvalue weighted by Crippen LogP contribution is 2.30.